The van der Waals surface area contributed by atoms with E-state index in [0.717, 1.165) is 11.1 Å². The van der Waals surface area contributed by atoms with Crippen LogP contribution in [0.15, 0.2) is 52.3 Å². The van der Waals surface area contributed by atoms with Crippen molar-refractivity contribution in [1.29, 1.82) is 0 Å². The largest absolute Gasteiger partial charge is 0.507 e. The molecule has 0 radical (unpaired) electrons. The second-order valence-electron chi connectivity index (χ2n) is 4.29. The summed E-state index contributed by atoms with van der Waals surface area (Å²) in [7, 11) is -3.66. The zero-order chi connectivity index (χ0) is 13.3. The van der Waals surface area contributed by atoms with Gasteiger partial charge in [-0.25, -0.2) is 8.42 Å². The fourth-order valence-corrected chi connectivity index (χ4v) is 3.28. The SMILES string of the molecule is Cc1cccc(S(=O)(=O)c2cc(C)ccc2O)c1. The molecular weight excluding hydrogens is 248 g/mol. The third-order valence-electron chi connectivity index (χ3n) is 2.70. The van der Waals surface area contributed by atoms with Gasteiger partial charge in [-0.3, -0.25) is 0 Å². The molecule has 0 bridgehead atoms. The van der Waals surface area contributed by atoms with E-state index in [4.69, 9.17) is 0 Å². The number of phenols is 1. The highest BCUT2D eigenvalue weighted by atomic mass is 32.2. The molecule has 0 fully saturated rings. The van der Waals surface area contributed by atoms with Gasteiger partial charge in [-0.1, -0.05) is 18.2 Å². The van der Waals surface area contributed by atoms with Crippen molar-refractivity contribution in [2.24, 2.45) is 0 Å². The van der Waals surface area contributed by atoms with Crippen LogP contribution < -0.4 is 0 Å². The van der Waals surface area contributed by atoms with E-state index in [1.165, 1.54) is 18.2 Å². The molecule has 0 heterocycles. The fourth-order valence-electron chi connectivity index (χ4n) is 1.75. The van der Waals surface area contributed by atoms with Gasteiger partial charge in [-0.05, 0) is 49.2 Å². The number of rotatable bonds is 2. The van der Waals surface area contributed by atoms with Gasteiger partial charge in [0, 0.05) is 0 Å². The molecule has 94 valence electrons. The lowest BCUT2D eigenvalue weighted by Crippen LogP contribution is -2.03. The summed E-state index contributed by atoms with van der Waals surface area (Å²) in [5, 5.41) is 9.72. The predicted octanol–water partition coefficient (Wildman–Crippen LogP) is 2.84. The van der Waals surface area contributed by atoms with Crippen LogP contribution in [0.4, 0.5) is 0 Å². The molecule has 3 nitrogen and oxygen atoms in total. The number of phenolic OH excluding ortho intramolecular Hbond substituents is 1. The molecule has 2 aromatic carbocycles. The molecule has 0 saturated heterocycles. The Morgan fingerprint density at radius 2 is 1.61 bits per heavy atom. The van der Waals surface area contributed by atoms with Crippen molar-refractivity contribution in [3.63, 3.8) is 0 Å². The van der Waals surface area contributed by atoms with Gasteiger partial charge in [0.05, 0.1) is 4.90 Å². The third-order valence-corrected chi connectivity index (χ3v) is 4.49. The summed E-state index contributed by atoms with van der Waals surface area (Å²) in [6, 6.07) is 11.2. The van der Waals surface area contributed by atoms with E-state index in [1.54, 1.807) is 25.1 Å². The van der Waals surface area contributed by atoms with Crippen molar-refractivity contribution in [3.05, 3.63) is 53.6 Å². The Balaban J connectivity index is 2.65. The molecule has 2 aromatic rings. The van der Waals surface area contributed by atoms with Crippen molar-refractivity contribution in [3.8, 4) is 5.75 Å². The number of aryl methyl sites for hydroxylation is 2. The first-order chi connectivity index (χ1) is 8.41. The van der Waals surface area contributed by atoms with Gasteiger partial charge in [-0.15, -0.1) is 0 Å². The number of sulfone groups is 1. The highest BCUT2D eigenvalue weighted by Crippen LogP contribution is 2.29. The molecule has 0 aliphatic carbocycles. The second-order valence-corrected chi connectivity index (χ2v) is 6.21. The summed E-state index contributed by atoms with van der Waals surface area (Å²) >= 11 is 0. The first kappa shape index (κ1) is 12.6. The van der Waals surface area contributed by atoms with Gasteiger partial charge in [0.25, 0.3) is 0 Å². The zero-order valence-corrected chi connectivity index (χ0v) is 11.0. The number of benzene rings is 2. The summed E-state index contributed by atoms with van der Waals surface area (Å²) in [4.78, 5) is 0.150. The van der Waals surface area contributed by atoms with Gasteiger partial charge < -0.3 is 5.11 Å². The standard InChI is InChI=1S/C14H14O3S/c1-10-4-3-5-12(8-10)18(16,17)14-9-11(2)6-7-13(14)15/h3-9,15H,1-2H3. The molecule has 0 amide bonds. The van der Waals surface area contributed by atoms with Crippen LogP contribution in [0.1, 0.15) is 11.1 Å². The number of aromatic hydroxyl groups is 1. The fraction of sp³-hybridized carbons (Fsp3) is 0.143. The van der Waals surface area contributed by atoms with E-state index in [2.05, 4.69) is 0 Å². The van der Waals surface area contributed by atoms with Crippen LogP contribution in [-0.2, 0) is 9.84 Å². The van der Waals surface area contributed by atoms with Crippen molar-refractivity contribution in [2.45, 2.75) is 23.6 Å². The Hall–Kier alpha value is -1.81. The maximum atomic E-state index is 12.4. The Bertz CT molecular complexity index is 688. The molecule has 0 saturated carbocycles. The minimum absolute atomic E-state index is 0.0481. The minimum atomic E-state index is -3.66. The lowest BCUT2D eigenvalue weighted by Gasteiger charge is -2.08. The molecule has 0 aromatic heterocycles. The Kier molecular flexibility index (Phi) is 3.13. The van der Waals surface area contributed by atoms with Crippen LogP contribution >= 0.6 is 0 Å². The molecule has 2 rings (SSSR count). The van der Waals surface area contributed by atoms with Crippen molar-refractivity contribution < 1.29 is 13.5 Å². The van der Waals surface area contributed by atoms with Crippen LogP contribution in [0, 0.1) is 13.8 Å². The normalized spacial score (nSPS) is 11.4. The molecule has 0 atom stereocenters. The molecule has 4 heteroatoms. The van der Waals surface area contributed by atoms with Crippen LogP contribution in [-0.4, -0.2) is 13.5 Å². The lowest BCUT2D eigenvalue weighted by molar-refractivity contribution is 0.458. The summed E-state index contributed by atoms with van der Waals surface area (Å²) < 4.78 is 24.8. The van der Waals surface area contributed by atoms with Gasteiger partial charge in [0.1, 0.15) is 10.6 Å². The second kappa shape index (κ2) is 4.46. The van der Waals surface area contributed by atoms with E-state index in [9.17, 15) is 13.5 Å². The Morgan fingerprint density at radius 3 is 2.28 bits per heavy atom. The number of hydrogen-bond donors (Lipinski definition) is 1. The van der Waals surface area contributed by atoms with Gasteiger partial charge in [0.2, 0.25) is 9.84 Å². The summed E-state index contributed by atoms with van der Waals surface area (Å²) in [5.74, 6) is -0.220. The van der Waals surface area contributed by atoms with Gasteiger partial charge in [0.15, 0.2) is 0 Å². The van der Waals surface area contributed by atoms with Gasteiger partial charge >= 0.3 is 0 Å². The summed E-state index contributed by atoms with van der Waals surface area (Å²) in [6.45, 7) is 3.61. The maximum absolute atomic E-state index is 12.4. The summed E-state index contributed by atoms with van der Waals surface area (Å²) in [6.07, 6.45) is 0. The average Bonchev–Trinajstić information content (AvgIpc) is 2.32. The van der Waals surface area contributed by atoms with E-state index in [1.807, 2.05) is 13.0 Å². The summed E-state index contributed by atoms with van der Waals surface area (Å²) in [5.41, 5.74) is 1.65. The molecule has 0 spiro atoms. The van der Waals surface area contributed by atoms with E-state index < -0.39 is 9.84 Å². The van der Waals surface area contributed by atoms with Crippen molar-refractivity contribution in [2.75, 3.05) is 0 Å². The molecule has 0 aliphatic heterocycles. The quantitative estimate of drug-likeness (QED) is 0.905. The third kappa shape index (κ3) is 2.24. The first-order valence-corrected chi connectivity index (χ1v) is 7.01. The van der Waals surface area contributed by atoms with Crippen LogP contribution in [0.2, 0.25) is 0 Å². The van der Waals surface area contributed by atoms with Crippen LogP contribution in [0.3, 0.4) is 0 Å². The van der Waals surface area contributed by atoms with Crippen molar-refractivity contribution in [1.82, 2.24) is 0 Å². The zero-order valence-electron chi connectivity index (χ0n) is 10.2. The highest BCUT2D eigenvalue weighted by Gasteiger charge is 2.21. The Morgan fingerprint density at radius 1 is 0.944 bits per heavy atom. The first-order valence-electron chi connectivity index (χ1n) is 5.52. The highest BCUT2D eigenvalue weighted by molar-refractivity contribution is 7.91. The Labute approximate surface area is 107 Å². The van der Waals surface area contributed by atoms with E-state index in [-0.39, 0.29) is 15.5 Å². The molecule has 1 N–H and O–H groups in total. The van der Waals surface area contributed by atoms with E-state index in [0.29, 0.717) is 0 Å². The maximum Gasteiger partial charge on any atom is 0.210 e. The molecule has 0 aliphatic rings. The van der Waals surface area contributed by atoms with Crippen LogP contribution in [0.5, 0.6) is 5.75 Å². The predicted molar refractivity (Wildman–Crippen MR) is 69.5 cm³/mol. The topological polar surface area (TPSA) is 54.4 Å². The number of hydrogen-bond acceptors (Lipinski definition) is 3. The minimum Gasteiger partial charge on any atom is -0.507 e. The van der Waals surface area contributed by atoms with E-state index >= 15 is 0 Å². The molecular formula is C14H14O3S. The monoisotopic (exact) mass is 262 g/mol. The molecule has 18 heavy (non-hydrogen) atoms. The van der Waals surface area contributed by atoms with Crippen LogP contribution in [0.25, 0.3) is 0 Å². The van der Waals surface area contributed by atoms with Gasteiger partial charge in [-0.2, -0.15) is 0 Å². The van der Waals surface area contributed by atoms with Crippen molar-refractivity contribution >= 4 is 9.84 Å². The molecule has 0 unspecified atom stereocenters. The average molecular weight is 262 g/mol. The smallest absolute Gasteiger partial charge is 0.210 e. The lowest BCUT2D eigenvalue weighted by atomic mass is 10.2.